The second-order valence-electron chi connectivity index (χ2n) is 4.43. The molecule has 1 heterocycles. The van der Waals surface area contributed by atoms with Gasteiger partial charge in [0.25, 0.3) is 0 Å². The van der Waals surface area contributed by atoms with Gasteiger partial charge in [-0.15, -0.1) is 0 Å². The summed E-state index contributed by atoms with van der Waals surface area (Å²) in [6.07, 6.45) is 3.39. The SMILES string of the molecule is Cc1cnn(C)c1C=NS(=O)C(C)(C)C. The summed E-state index contributed by atoms with van der Waals surface area (Å²) < 4.78 is 17.1. The first kappa shape index (κ1) is 12.1. The Labute approximate surface area is 93.0 Å². The van der Waals surface area contributed by atoms with Crippen LogP contribution in [0.3, 0.4) is 0 Å². The third-order valence-corrected chi connectivity index (χ3v) is 3.32. The molecule has 1 aromatic heterocycles. The Hall–Kier alpha value is -0.970. The van der Waals surface area contributed by atoms with Crippen LogP contribution in [0.15, 0.2) is 10.6 Å². The Morgan fingerprint density at radius 3 is 2.53 bits per heavy atom. The molecule has 4 nitrogen and oxygen atoms in total. The van der Waals surface area contributed by atoms with Gasteiger partial charge in [-0.25, -0.2) is 4.21 Å². The van der Waals surface area contributed by atoms with E-state index in [1.165, 1.54) is 0 Å². The van der Waals surface area contributed by atoms with Crippen molar-refractivity contribution in [3.05, 3.63) is 17.5 Å². The smallest absolute Gasteiger partial charge is 0.144 e. The zero-order valence-corrected chi connectivity index (χ0v) is 10.6. The second kappa shape index (κ2) is 4.26. The van der Waals surface area contributed by atoms with E-state index in [2.05, 4.69) is 9.50 Å². The standard InChI is InChI=1S/C10H17N3OS/c1-8-6-11-13(5)9(8)7-12-15(14)10(2,3)4/h6-7H,1-5H3. The average molecular weight is 227 g/mol. The maximum atomic E-state index is 11.7. The van der Waals surface area contributed by atoms with Gasteiger partial charge in [0.1, 0.15) is 11.0 Å². The Bertz CT molecular complexity index is 382. The number of hydrogen-bond donors (Lipinski definition) is 0. The fourth-order valence-electron chi connectivity index (χ4n) is 0.998. The van der Waals surface area contributed by atoms with Crippen LogP contribution < -0.4 is 0 Å². The molecule has 84 valence electrons. The first-order valence-corrected chi connectivity index (χ1v) is 5.87. The number of aromatic nitrogens is 2. The minimum atomic E-state index is -1.21. The van der Waals surface area contributed by atoms with Crippen LogP contribution in [-0.2, 0) is 18.0 Å². The number of hydrogen-bond acceptors (Lipinski definition) is 2. The molecule has 0 radical (unpaired) electrons. The highest BCUT2D eigenvalue weighted by Gasteiger charge is 2.18. The minimum Gasteiger partial charge on any atom is -0.267 e. The zero-order chi connectivity index (χ0) is 11.6. The van der Waals surface area contributed by atoms with Crippen molar-refractivity contribution in [3.63, 3.8) is 0 Å². The van der Waals surface area contributed by atoms with E-state index < -0.39 is 11.0 Å². The van der Waals surface area contributed by atoms with Crippen LogP contribution in [0.25, 0.3) is 0 Å². The third-order valence-electron chi connectivity index (χ3n) is 1.97. The molecule has 0 aliphatic rings. The molecule has 15 heavy (non-hydrogen) atoms. The van der Waals surface area contributed by atoms with Crippen molar-refractivity contribution in [2.75, 3.05) is 0 Å². The summed E-state index contributed by atoms with van der Waals surface area (Å²) >= 11 is 0. The summed E-state index contributed by atoms with van der Waals surface area (Å²) in [5.41, 5.74) is 1.93. The van der Waals surface area contributed by atoms with E-state index in [1.54, 1.807) is 17.1 Å². The minimum absolute atomic E-state index is 0.316. The predicted octanol–water partition coefficient (Wildman–Crippen LogP) is 1.61. The molecule has 1 atom stereocenters. The van der Waals surface area contributed by atoms with Gasteiger partial charge in [-0.3, -0.25) is 4.68 Å². The molecule has 0 bridgehead atoms. The Morgan fingerprint density at radius 2 is 2.13 bits per heavy atom. The summed E-state index contributed by atoms with van der Waals surface area (Å²) in [7, 11) is 0.631. The van der Waals surface area contributed by atoms with Crippen LogP contribution >= 0.6 is 0 Å². The Balaban J connectivity index is 2.88. The first-order chi connectivity index (χ1) is 6.82. The van der Waals surface area contributed by atoms with Crippen LogP contribution in [0.4, 0.5) is 0 Å². The van der Waals surface area contributed by atoms with Gasteiger partial charge in [-0.05, 0) is 33.3 Å². The highest BCUT2D eigenvalue weighted by Crippen LogP contribution is 2.12. The van der Waals surface area contributed by atoms with Crippen LogP contribution in [-0.4, -0.2) is 25.0 Å². The van der Waals surface area contributed by atoms with E-state index in [-0.39, 0.29) is 4.75 Å². The fraction of sp³-hybridized carbons (Fsp3) is 0.600. The number of aryl methyl sites for hydroxylation is 2. The van der Waals surface area contributed by atoms with Crippen molar-refractivity contribution in [3.8, 4) is 0 Å². The van der Waals surface area contributed by atoms with E-state index in [4.69, 9.17) is 0 Å². The van der Waals surface area contributed by atoms with E-state index in [9.17, 15) is 4.21 Å². The molecule has 0 fully saturated rings. The summed E-state index contributed by atoms with van der Waals surface area (Å²) in [6, 6.07) is 0. The first-order valence-electron chi connectivity index (χ1n) is 4.77. The van der Waals surface area contributed by atoms with Crippen LogP contribution in [0.2, 0.25) is 0 Å². The predicted molar refractivity (Wildman–Crippen MR) is 63.4 cm³/mol. The molecule has 0 aliphatic carbocycles. The summed E-state index contributed by atoms with van der Waals surface area (Å²) in [5.74, 6) is 0. The van der Waals surface area contributed by atoms with Crippen LogP contribution in [0.1, 0.15) is 32.0 Å². The highest BCUT2D eigenvalue weighted by molar-refractivity contribution is 7.85. The summed E-state index contributed by atoms with van der Waals surface area (Å²) in [4.78, 5) is 0. The molecule has 1 aromatic rings. The molecule has 0 saturated carbocycles. The van der Waals surface area contributed by atoms with Gasteiger partial charge in [0, 0.05) is 7.05 Å². The molecule has 0 saturated heterocycles. The molecular formula is C10H17N3OS. The Morgan fingerprint density at radius 1 is 1.53 bits per heavy atom. The lowest BCUT2D eigenvalue weighted by atomic mass is 10.3. The monoisotopic (exact) mass is 227 g/mol. The van der Waals surface area contributed by atoms with Crippen molar-refractivity contribution >= 4 is 17.2 Å². The van der Waals surface area contributed by atoms with E-state index in [0.717, 1.165) is 11.3 Å². The molecule has 0 aliphatic heterocycles. The van der Waals surface area contributed by atoms with Crippen molar-refractivity contribution in [1.82, 2.24) is 9.78 Å². The van der Waals surface area contributed by atoms with Crippen molar-refractivity contribution in [2.45, 2.75) is 32.4 Å². The molecule has 1 unspecified atom stereocenters. The third kappa shape index (κ3) is 2.99. The molecule has 0 aromatic carbocycles. The number of nitrogens with zero attached hydrogens (tertiary/aromatic N) is 3. The largest absolute Gasteiger partial charge is 0.267 e. The van der Waals surface area contributed by atoms with Gasteiger partial charge in [0.05, 0.1) is 22.9 Å². The highest BCUT2D eigenvalue weighted by atomic mass is 32.2. The van der Waals surface area contributed by atoms with E-state index in [1.807, 2.05) is 34.7 Å². The molecule has 1 rings (SSSR count). The lowest BCUT2D eigenvalue weighted by Crippen LogP contribution is -2.19. The fourth-order valence-corrected chi connectivity index (χ4v) is 1.51. The van der Waals surface area contributed by atoms with Crippen molar-refractivity contribution in [1.29, 1.82) is 0 Å². The quantitative estimate of drug-likeness (QED) is 0.721. The normalized spacial score (nSPS) is 14.7. The van der Waals surface area contributed by atoms with Gasteiger partial charge in [-0.2, -0.15) is 9.50 Å². The molecule has 0 amide bonds. The second-order valence-corrected chi connectivity index (χ2v) is 6.37. The topological polar surface area (TPSA) is 47.2 Å². The molecule has 5 heteroatoms. The summed E-state index contributed by atoms with van der Waals surface area (Å²) in [6.45, 7) is 7.65. The maximum Gasteiger partial charge on any atom is 0.144 e. The summed E-state index contributed by atoms with van der Waals surface area (Å²) in [5, 5.41) is 4.08. The Kier molecular flexibility index (Phi) is 3.44. The average Bonchev–Trinajstić information content (AvgIpc) is 2.41. The van der Waals surface area contributed by atoms with Gasteiger partial charge >= 0.3 is 0 Å². The van der Waals surface area contributed by atoms with Gasteiger partial charge in [0.2, 0.25) is 0 Å². The maximum absolute atomic E-state index is 11.7. The van der Waals surface area contributed by atoms with Gasteiger partial charge in [0.15, 0.2) is 0 Å². The molecule has 0 N–H and O–H groups in total. The van der Waals surface area contributed by atoms with Crippen molar-refractivity contribution in [2.24, 2.45) is 11.4 Å². The zero-order valence-electron chi connectivity index (χ0n) is 9.81. The van der Waals surface area contributed by atoms with Crippen LogP contribution in [0, 0.1) is 6.92 Å². The molecule has 0 spiro atoms. The number of rotatable bonds is 2. The lowest BCUT2D eigenvalue weighted by molar-refractivity contribution is 0.651. The van der Waals surface area contributed by atoms with Gasteiger partial charge < -0.3 is 0 Å². The van der Waals surface area contributed by atoms with Crippen molar-refractivity contribution < 1.29 is 4.21 Å². The van der Waals surface area contributed by atoms with Gasteiger partial charge in [-0.1, -0.05) is 0 Å². The van der Waals surface area contributed by atoms with E-state index >= 15 is 0 Å². The van der Waals surface area contributed by atoms with Crippen LogP contribution in [0.5, 0.6) is 0 Å². The lowest BCUT2D eigenvalue weighted by Gasteiger charge is -2.12. The van der Waals surface area contributed by atoms with E-state index in [0.29, 0.717) is 0 Å². The molecular weight excluding hydrogens is 210 g/mol.